The van der Waals surface area contributed by atoms with Crippen LogP contribution in [0, 0.1) is 0 Å². The van der Waals surface area contributed by atoms with Gasteiger partial charge in [0.15, 0.2) is 0 Å². The van der Waals surface area contributed by atoms with E-state index >= 15 is 0 Å². The maximum absolute atomic E-state index is 8.93. The highest BCUT2D eigenvalue weighted by atomic mass is 16.4. The van der Waals surface area contributed by atoms with Gasteiger partial charge in [-0.2, -0.15) is 5.10 Å². The summed E-state index contributed by atoms with van der Waals surface area (Å²) in [5.41, 5.74) is 2.31. The molecule has 0 saturated carbocycles. The van der Waals surface area contributed by atoms with Crippen LogP contribution in [0.3, 0.4) is 0 Å². The summed E-state index contributed by atoms with van der Waals surface area (Å²) in [5, 5.41) is 22.1. The van der Waals surface area contributed by atoms with Gasteiger partial charge in [-0.05, 0) is 11.5 Å². The maximum atomic E-state index is 8.93. The summed E-state index contributed by atoms with van der Waals surface area (Å²) in [6, 6.07) is 8.89. The van der Waals surface area contributed by atoms with Gasteiger partial charge >= 0.3 is 7.12 Å². The zero-order valence-electron chi connectivity index (χ0n) is 8.33. The van der Waals surface area contributed by atoms with E-state index in [4.69, 9.17) is 10.0 Å². The van der Waals surface area contributed by atoms with Crippen molar-refractivity contribution in [1.82, 2.24) is 9.78 Å². The Bertz CT molecular complexity index is 451. The van der Waals surface area contributed by atoms with Crippen LogP contribution in [0.5, 0.6) is 0 Å². The molecule has 2 aromatic rings. The Labute approximate surface area is 87.9 Å². The number of hydrogen-bond donors (Lipinski definition) is 2. The van der Waals surface area contributed by atoms with Crippen molar-refractivity contribution in [3.63, 3.8) is 0 Å². The number of aromatic nitrogens is 2. The third kappa shape index (κ3) is 2.08. The first-order valence-corrected chi connectivity index (χ1v) is 4.63. The molecular formula is C10H11BN2O2. The molecule has 0 atom stereocenters. The first kappa shape index (κ1) is 9.95. The quantitative estimate of drug-likeness (QED) is 0.661. The molecule has 0 bridgehead atoms. The maximum Gasteiger partial charge on any atom is 0.488 e. The molecule has 0 saturated heterocycles. The van der Waals surface area contributed by atoms with Crippen LogP contribution >= 0.6 is 0 Å². The van der Waals surface area contributed by atoms with Gasteiger partial charge in [-0.25, -0.2) is 0 Å². The molecule has 1 aromatic carbocycles. The van der Waals surface area contributed by atoms with Crippen molar-refractivity contribution in [2.45, 2.75) is 0 Å². The van der Waals surface area contributed by atoms with E-state index in [1.807, 2.05) is 31.4 Å². The summed E-state index contributed by atoms with van der Waals surface area (Å²) in [6.07, 6.45) is 1.87. The molecule has 0 unspecified atom stereocenters. The highest BCUT2D eigenvalue weighted by molar-refractivity contribution is 6.58. The second-order valence-corrected chi connectivity index (χ2v) is 3.37. The number of aryl methyl sites for hydroxylation is 1. The Morgan fingerprint density at radius 2 is 1.80 bits per heavy atom. The normalized spacial score (nSPS) is 10.3. The van der Waals surface area contributed by atoms with Crippen LogP contribution in [-0.2, 0) is 7.05 Å². The van der Waals surface area contributed by atoms with Crippen molar-refractivity contribution >= 4 is 12.6 Å². The highest BCUT2D eigenvalue weighted by Crippen LogP contribution is 2.14. The van der Waals surface area contributed by atoms with Gasteiger partial charge in [0.2, 0.25) is 0 Å². The van der Waals surface area contributed by atoms with E-state index in [1.165, 1.54) is 0 Å². The Kier molecular flexibility index (Phi) is 2.57. The van der Waals surface area contributed by atoms with Crippen molar-refractivity contribution in [2.75, 3.05) is 0 Å². The fraction of sp³-hybridized carbons (Fsp3) is 0.100. The van der Waals surface area contributed by atoms with E-state index in [1.54, 1.807) is 16.8 Å². The van der Waals surface area contributed by atoms with Crippen molar-refractivity contribution in [3.05, 3.63) is 36.5 Å². The second kappa shape index (κ2) is 3.88. The van der Waals surface area contributed by atoms with E-state index < -0.39 is 7.12 Å². The molecule has 1 heterocycles. The fourth-order valence-corrected chi connectivity index (χ4v) is 1.40. The van der Waals surface area contributed by atoms with E-state index in [2.05, 4.69) is 5.10 Å². The van der Waals surface area contributed by atoms with Crippen LogP contribution < -0.4 is 5.46 Å². The van der Waals surface area contributed by atoms with Crippen LogP contribution in [0.4, 0.5) is 0 Å². The predicted octanol–water partition coefficient (Wildman–Crippen LogP) is -0.233. The van der Waals surface area contributed by atoms with Crippen molar-refractivity contribution < 1.29 is 10.0 Å². The number of hydrogen-bond acceptors (Lipinski definition) is 3. The van der Waals surface area contributed by atoms with Crippen LogP contribution in [0.15, 0.2) is 36.5 Å². The van der Waals surface area contributed by atoms with E-state index in [-0.39, 0.29) is 0 Å². The van der Waals surface area contributed by atoms with Crippen LogP contribution in [0.2, 0.25) is 0 Å². The SMILES string of the molecule is Cn1ccc(-c2ccc(B(O)O)cc2)n1. The minimum atomic E-state index is -1.41. The summed E-state index contributed by atoms with van der Waals surface area (Å²) >= 11 is 0. The van der Waals surface area contributed by atoms with E-state index in [9.17, 15) is 0 Å². The third-order valence-corrected chi connectivity index (χ3v) is 2.22. The number of benzene rings is 1. The molecule has 0 fully saturated rings. The largest absolute Gasteiger partial charge is 0.488 e. The molecule has 4 nitrogen and oxygen atoms in total. The van der Waals surface area contributed by atoms with Crippen LogP contribution in [0.1, 0.15) is 0 Å². The lowest BCUT2D eigenvalue weighted by Gasteiger charge is -2.00. The lowest BCUT2D eigenvalue weighted by molar-refractivity contribution is 0.426. The Balaban J connectivity index is 2.31. The summed E-state index contributed by atoms with van der Waals surface area (Å²) in [5.74, 6) is 0. The van der Waals surface area contributed by atoms with Gasteiger partial charge in [0.25, 0.3) is 0 Å². The predicted molar refractivity (Wildman–Crippen MR) is 58.5 cm³/mol. The zero-order valence-corrected chi connectivity index (χ0v) is 8.33. The minimum absolute atomic E-state index is 0.481. The standard InChI is InChI=1S/C10H11BN2O2/c1-13-7-6-10(12-13)8-2-4-9(5-3-8)11(14)15/h2-7,14-15H,1H3. The van der Waals surface area contributed by atoms with Gasteiger partial charge in [0, 0.05) is 18.8 Å². The fourth-order valence-electron chi connectivity index (χ4n) is 1.40. The summed E-state index contributed by atoms with van der Waals surface area (Å²) in [7, 11) is 0.442. The van der Waals surface area contributed by atoms with Gasteiger partial charge in [0.05, 0.1) is 5.69 Å². The molecule has 0 aliphatic rings. The molecule has 1 aromatic heterocycles. The molecule has 15 heavy (non-hydrogen) atoms. The Hall–Kier alpha value is -1.59. The molecule has 2 N–H and O–H groups in total. The third-order valence-electron chi connectivity index (χ3n) is 2.22. The number of rotatable bonds is 2. The molecule has 0 radical (unpaired) electrons. The molecule has 76 valence electrons. The van der Waals surface area contributed by atoms with Gasteiger partial charge in [-0.3, -0.25) is 4.68 Å². The van der Waals surface area contributed by atoms with Crippen LogP contribution in [-0.4, -0.2) is 26.9 Å². The second-order valence-electron chi connectivity index (χ2n) is 3.37. The lowest BCUT2D eigenvalue weighted by Crippen LogP contribution is -2.29. The molecule has 5 heteroatoms. The average Bonchev–Trinajstić information content (AvgIpc) is 2.65. The van der Waals surface area contributed by atoms with Gasteiger partial charge in [-0.15, -0.1) is 0 Å². The first-order valence-electron chi connectivity index (χ1n) is 4.63. The number of nitrogens with zero attached hydrogens (tertiary/aromatic N) is 2. The molecule has 0 aliphatic heterocycles. The summed E-state index contributed by atoms with van der Waals surface area (Å²) in [6.45, 7) is 0. The van der Waals surface area contributed by atoms with Crippen LogP contribution in [0.25, 0.3) is 11.3 Å². The molecule has 0 spiro atoms. The Morgan fingerprint density at radius 3 is 2.27 bits per heavy atom. The molecular weight excluding hydrogens is 191 g/mol. The topological polar surface area (TPSA) is 58.3 Å². The molecule has 2 rings (SSSR count). The van der Waals surface area contributed by atoms with E-state index in [0.29, 0.717) is 5.46 Å². The highest BCUT2D eigenvalue weighted by Gasteiger charge is 2.10. The molecule has 0 aliphatic carbocycles. The summed E-state index contributed by atoms with van der Waals surface area (Å²) in [4.78, 5) is 0. The lowest BCUT2D eigenvalue weighted by atomic mass is 9.80. The first-order chi connectivity index (χ1) is 7.16. The Morgan fingerprint density at radius 1 is 1.13 bits per heavy atom. The van der Waals surface area contributed by atoms with Gasteiger partial charge < -0.3 is 10.0 Å². The monoisotopic (exact) mass is 202 g/mol. The molecule has 0 amide bonds. The minimum Gasteiger partial charge on any atom is -0.423 e. The van der Waals surface area contributed by atoms with E-state index in [0.717, 1.165) is 11.3 Å². The summed E-state index contributed by atoms with van der Waals surface area (Å²) < 4.78 is 1.73. The van der Waals surface area contributed by atoms with Crippen molar-refractivity contribution in [1.29, 1.82) is 0 Å². The smallest absolute Gasteiger partial charge is 0.423 e. The average molecular weight is 202 g/mol. The van der Waals surface area contributed by atoms with Crippen molar-refractivity contribution in [3.8, 4) is 11.3 Å². The van der Waals surface area contributed by atoms with Crippen molar-refractivity contribution in [2.24, 2.45) is 7.05 Å². The van der Waals surface area contributed by atoms with Gasteiger partial charge in [0.1, 0.15) is 0 Å². The van der Waals surface area contributed by atoms with Gasteiger partial charge in [-0.1, -0.05) is 24.3 Å². The zero-order chi connectivity index (χ0) is 10.8.